The molecule has 0 aromatic carbocycles. The van der Waals surface area contributed by atoms with Gasteiger partial charge in [0.25, 0.3) is 0 Å². The van der Waals surface area contributed by atoms with Crippen LogP contribution in [0.1, 0.15) is 25.1 Å². The van der Waals surface area contributed by atoms with E-state index in [0.717, 1.165) is 13.8 Å². The summed E-state index contributed by atoms with van der Waals surface area (Å²) in [7, 11) is 0. The van der Waals surface area contributed by atoms with Crippen LogP contribution in [0, 0.1) is 0 Å². The van der Waals surface area contributed by atoms with Crippen LogP contribution in [0.3, 0.4) is 0 Å². The monoisotopic (exact) mass is 218 g/mol. The van der Waals surface area contributed by atoms with Gasteiger partial charge in [0.2, 0.25) is 0 Å². The quantitative estimate of drug-likeness (QED) is 0.827. The molecule has 0 atom stereocenters. The summed E-state index contributed by atoms with van der Waals surface area (Å²) in [6, 6.07) is 3.15. The Labute approximate surface area is 86.3 Å². The zero-order valence-corrected chi connectivity index (χ0v) is 8.60. The first-order valence-electron chi connectivity index (χ1n) is 4.52. The Morgan fingerprint density at radius 1 is 1.33 bits per heavy atom. The van der Waals surface area contributed by atoms with Gasteiger partial charge in [0.15, 0.2) is 0 Å². The van der Waals surface area contributed by atoms with E-state index in [0.29, 0.717) is 5.56 Å². The summed E-state index contributed by atoms with van der Waals surface area (Å²) >= 11 is 0. The van der Waals surface area contributed by atoms with E-state index in [9.17, 15) is 13.2 Å². The Bertz CT molecular complexity index is 345. The number of nitrogens with zero attached hydrogens (tertiary/aromatic N) is 1. The molecule has 0 saturated carbocycles. The van der Waals surface area contributed by atoms with E-state index in [1.807, 2.05) is 0 Å². The molecule has 15 heavy (non-hydrogen) atoms. The van der Waals surface area contributed by atoms with Crippen molar-refractivity contribution < 1.29 is 13.2 Å². The number of aromatic nitrogens is 1. The predicted octanol–water partition coefficient (Wildman–Crippen LogP) is 2.38. The predicted molar refractivity (Wildman–Crippen MR) is 51.2 cm³/mol. The molecule has 1 heterocycles. The number of nitrogens with two attached hydrogens (primary N) is 1. The maximum atomic E-state index is 12.8. The van der Waals surface area contributed by atoms with Crippen LogP contribution in [-0.2, 0) is 12.0 Å². The number of hydrogen-bond acceptors (Lipinski definition) is 2. The molecule has 0 aliphatic carbocycles. The fourth-order valence-electron chi connectivity index (χ4n) is 1.30. The SMILES string of the molecule is CC(C)(c1ncccc1CN)C(F)(F)F. The van der Waals surface area contributed by atoms with Gasteiger partial charge in [-0.15, -0.1) is 0 Å². The second kappa shape index (κ2) is 3.81. The second-order valence-corrected chi connectivity index (χ2v) is 3.84. The molecule has 0 aliphatic rings. The number of halogens is 3. The highest BCUT2D eigenvalue weighted by atomic mass is 19.4. The summed E-state index contributed by atoms with van der Waals surface area (Å²) in [5.41, 5.74) is 3.84. The molecule has 1 aromatic rings. The first kappa shape index (κ1) is 12.0. The third-order valence-corrected chi connectivity index (χ3v) is 2.41. The molecule has 0 saturated heterocycles. The molecule has 0 amide bonds. The zero-order chi connectivity index (χ0) is 11.7. The van der Waals surface area contributed by atoms with Crippen molar-refractivity contribution in [1.29, 1.82) is 0 Å². The van der Waals surface area contributed by atoms with Gasteiger partial charge < -0.3 is 5.73 Å². The van der Waals surface area contributed by atoms with Crippen LogP contribution < -0.4 is 5.73 Å². The van der Waals surface area contributed by atoms with Crippen molar-refractivity contribution in [2.45, 2.75) is 32.0 Å². The van der Waals surface area contributed by atoms with E-state index < -0.39 is 11.6 Å². The number of hydrogen-bond donors (Lipinski definition) is 1. The smallest absolute Gasteiger partial charge is 0.326 e. The fourth-order valence-corrected chi connectivity index (χ4v) is 1.30. The Hall–Kier alpha value is -1.10. The van der Waals surface area contributed by atoms with Crippen molar-refractivity contribution in [3.63, 3.8) is 0 Å². The normalized spacial score (nSPS) is 12.9. The van der Waals surface area contributed by atoms with Crippen molar-refractivity contribution in [1.82, 2.24) is 4.98 Å². The van der Waals surface area contributed by atoms with Gasteiger partial charge in [-0.1, -0.05) is 6.07 Å². The van der Waals surface area contributed by atoms with Gasteiger partial charge in [0.05, 0.1) is 5.69 Å². The van der Waals surface area contributed by atoms with Gasteiger partial charge in [-0.2, -0.15) is 13.2 Å². The van der Waals surface area contributed by atoms with Crippen LogP contribution in [0.5, 0.6) is 0 Å². The number of rotatable bonds is 2. The van der Waals surface area contributed by atoms with Crippen LogP contribution in [0.25, 0.3) is 0 Å². The lowest BCUT2D eigenvalue weighted by atomic mass is 9.85. The maximum absolute atomic E-state index is 12.8. The lowest BCUT2D eigenvalue weighted by Crippen LogP contribution is -2.38. The molecule has 1 aromatic heterocycles. The van der Waals surface area contributed by atoms with Crippen molar-refractivity contribution in [2.24, 2.45) is 5.73 Å². The van der Waals surface area contributed by atoms with E-state index in [1.165, 1.54) is 6.20 Å². The van der Waals surface area contributed by atoms with Crippen molar-refractivity contribution >= 4 is 0 Å². The van der Waals surface area contributed by atoms with Crippen LogP contribution in [0.4, 0.5) is 13.2 Å². The van der Waals surface area contributed by atoms with Crippen LogP contribution >= 0.6 is 0 Å². The van der Waals surface area contributed by atoms with Crippen LogP contribution in [-0.4, -0.2) is 11.2 Å². The molecule has 0 bridgehead atoms. The lowest BCUT2D eigenvalue weighted by molar-refractivity contribution is -0.181. The second-order valence-electron chi connectivity index (χ2n) is 3.84. The van der Waals surface area contributed by atoms with Crippen molar-refractivity contribution in [2.75, 3.05) is 0 Å². The minimum atomic E-state index is -4.33. The Kier molecular flexibility index (Phi) is 3.04. The highest BCUT2D eigenvalue weighted by molar-refractivity contribution is 5.27. The summed E-state index contributed by atoms with van der Waals surface area (Å²) in [5, 5.41) is 0. The molecule has 0 spiro atoms. The van der Waals surface area contributed by atoms with Crippen molar-refractivity contribution in [3.8, 4) is 0 Å². The lowest BCUT2D eigenvalue weighted by Gasteiger charge is -2.28. The summed E-state index contributed by atoms with van der Waals surface area (Å²) in [6.07, 6.45) is -2.98. The van der Waals surface area contributed by atoms with E-state index in [2.05, 4.69) is 4.98 Å². The Balaban J connectivity index is 3.26. The summed E-state index contributed by atoms with van der Waals surface area (Å²) < 4.78 is 38.3. The summed E-state index contributed by atoms with van der Waals surface area (Å²) in [6.45, 7) is 2.27. The molecular weight excluding hydrogens is 205 g/mol. The van der Waals surface area contributed by atoms with Gasteiger partial charge >= 0.3 is 6.18 Å². The third-order valence-electron chi connectivity index (χ3n) is 2.41. The highest BCUT2D eigenvalue weighted by Gasteiger charge is 2.50. The van der Waals surface area contributed by atoms with Gasteiger partial charge in [0.1, 0.15) is 5.41 Å². The maximum Gasteiger partial charge on any atom is 0.399 e. The molecule has 0 radical (unpaired) electrons. The fraction of sp³-hybridized carbons (Fsp3) is 0.500. The highest BCUT2D eigenvalue weighted by Crippen LogP contribution is 2.40. The van der Waals surface area contributed by atoms with Gasteiger partial charge in [-0.3, -0.25) is 4.98 Å². The molecule has 2 nitrogen and oxygen atoms in total. The minimum Gasteiger partial charge on any atom is -0.326 e. The van der Waals surface area contributed by atoms with E-state index in [4.69, 9.17) is 5.73 Å². The zero-order valence-electron chi connectivity index (χ0n) is 8.60. The molecule has 1 rings (SSSR count). The van der Waals surface area contributed by atoms with E-state index in [-0.39, 0.29) is 12.2 Å². The molecule has 84 valence electrons. The van der Waals surface area contributed by atoms with E-state index >= 15 is 0 Å². The Morgan fingerprint density at radius 3 is 2.40 bits per heavy atom. The molecule has 0 fully saturated rings. The molecule has 0 unspecified atom stereocenters. The van der Waals surface area contributed by atoms with Gasteiger partial charge in [-0.25, -0.2) is 0 Å². The summed E-state index contributed by atoms with van der Waals surface area (Å²) in [4.78, 5) is 3.79. The molecular formula is C10H13F3N2. The molecule has 2 N–H and O–H groups in total. The average molecular weight is 218 g/mol. The third kappa shape index (κ3) is 2.12. The van der Waals surface area contributed by atoms with Gasteiger partial charge in [0, 0.05) is 12.7 Å². The number of pyridine rings is 1. The Morgan fingerprint density at radius 2 is 1.93 bits per heavy atom. The molecule has 5 heteroatoms. The summed E-state index contributed by atoms with van der Waals surface area (Å²) in [5.74, 6) is 0. The van der Waals surface area contributed by atoms with Crippen molar-refractivity contribution in [3.05, 3.63) is 29.6 Å². The van der Waals surface area contributed by atoms with Crippen LogP contribution in [0.15, 0.2) is 18.3 Å². The number of alkyl halides is 3. The minimum absolute atomic E-state index is 0.000000000000000444. The topological polar surface area (TPSA) is 38.9 Å². The largest absolute Gasteiger partial charge is 0.399 e. The first-order valence-corrected chi connectivity index (χ1v) is 4.52. The average Bonchev–Trinajstić information content (AvgIpc) is 2.16. The van der Waals surface area contributed by atoms with Crippen LogP contribution in [0.2, 0.25) is 0 Å². The first-order chi connectivity index (χ1) is 6.80. The van der Waals surface area contributed by atoms with Gasteiger partial charge in [-0.05, 0) is 25.5 Å². The standard InChI is InChI=1S/C10H13F3N2/c1-9(2,10(11,12)13)8-7(6-14)4-3-5-15-8/h3-5H,6,14H2,1-2H3. The molecule has 0 aliphatic heterocycles. The van der Waals surface area contributed by atoms with E-state index in [1.54, 1.807) is 12.1 Å².